The maximum Gasteiger partial charge on any atom is 0.326 e. The van der Waals surface area contributed by atoms with Gasteiger partial charge in [-0.25, -0.2) is 4.79 Å². The number of carboxylic acids is 1. The van der Waals surface area contributed by atoms with Crippen molar-refractivity contribution < 1.29 is 24.3 Å². The van der Waals surface area contributed by atoms with Crippen LogP contribution in [0.1, 0.15) is 35.2 Å². The van der Waals surface area contributed by atoms with E-state index < -0.39 is 17.9 Å². The van der Waals surface area contributed by atoms with Crippen LogP contribution in [-0.2, 0) is 20.9 Å². The first-order chi connectivity index (χ1) is 16.9. The van der Waals surface area contributed by atoms with Crippen LogP contribution >= 0.6 is 11.8 Å². The molecule has 2 aromatic carbocycles. The molecule has 1 heterocycles. The Labute approximate surface area is 208 Å². The summed E-state index contributed by atoms with van der Waals surface area (Å²) in [7, 11) is 0. The van der Waals surface area contributed by atoms with Crippen LogP contribution in [0.15, 0.2) is 48.5 Å². The van der Waals surface area contributed by atoms with Crippen LogP contribution in [-0.4, -0.2) is 59.6 Å². The molecular formula is C25H30N4O5S. The lowest BCUT2D eigenvalue weighted by atomic mass is 9.96. The van der Waals surface area contributed by atoms with Gasteiger partial charge in [-0.15, -0.1) is 0 Å². The minimum Gasteiger partial charge on any atom is -0.480 e. The zero-order valence-corrected chi connectivity index (χ0v) is 20.3. The summed E-state index contributed by atoms with van der Waals surface area (Å²) in [6, 6.07) is 13.6. The van der Waals surface area contributed by atoms with Crippen LogP contribution in [0.25, 0.3) is 11.1 Å². The molecule has 35 heavy (non-hydrogen) atoms. The Hall–Kier alpha value is -3.37. The van der Waals surface area contributed by atoms with Crippen LogP contribution in [0.2, 0.25) is 0 Å². The number of carbonyl (C=O) groups excluding carboxylic acids is 3. The van der Waals surface area contributed by atoms with Gasteiger partial charge in [0.05, 0.1) is 12.7 Å². The highest BCUT2D eigenvalue weighted by Crippen LogP contribution is 2.25. The third-order valence-electron chi connectivity index (χ3n) is 5.62. The quantitative estimate of drug-likeness (QED) is 0.301. The molecule has 1 aliphatic rings. The first-order valence-electron chi connectivity index (χ1n) is 11.4. The highest BCUT2D eigenvalue weighted by Gasteiger charge is 2.23. The van der Waals surface area contributed by atoms with Crippen molar-refractivity contribution >= 4 is 35.5 Å². The number of rotatable bonds is 12. The number of carboxylic acid groups (broad SMARTS) is 1. The topological polar surface area (TPSA) is 137 Å². The molecule has 3 amide bonds. The van der Waals surface area contributed by atoms with Crippen LogP contribution in [0.5, 0.6) is 0 Å². The van der Waals surface area contributed by atoms with Crippen molar-refractivity contribution in [2.45, 2.75) is 38.0 Å². The molecule has 2 atom stereocenters. The fourth-order valence-electron chi connectivity index (χ4n) is 3.73. The molecule has 0 bridgehead atoms. The van der Waals surface area contributed by atoms with E-state index in [0.717, 1.165) is 11.1 Å². The molecule has 0 radical (unpaired) electrons. The number of amides is 3. The third-order valence-corrected chi connectivity index (χ3v) is 6.27. The average molecular weight is 499 g/mol. The molecule has 0 spiro atoms. The fraction of sp³-hybridized carbons (Fsp3) is 0.360. The van der Waals surface area contributed by atoms with Crippen molar-refractivity contribution in [2.24, 2.45) is 0 Å². The van der Waals surface area contributed by atoms with Gasteiger partial charge < -0.3 is 21.1 Å². The second-order valence-corrected chi connectivity index (χ2v) is 9.19. The molecular weight excluding hydrogens is 468 g/mol. The number of nitrogens with one attached hydrogen (secondary N) is 4. The molecule has 1 aliphatic heterocycles. The molecule has 5 N–H and O–H groups in total. The zero-order valence-electron chi connectivity index (χ0n) is 19.5. The Morgan fingerprint density at radius 2 is 1.94 bits per heavy atom. The zero-order chi connectivity index (χ0) is 25.2. The molecule has 0 aromatic heterocycles. The standard InChI is InChI=1S/C25H30N4O5S/c1-35-12-11-20(25(33)34)28-24(32)18-8-7-16(13-19(18)17-5-3-2-4-6-17)14-27-23(31)15-26-21-9-10-22(30)29-21/h2-8,13,20-21,26H,9-12,14-15H2,1H3,(H,27,31)(H,28,32)(H,29,30)(H,33,34)/t20-,21-/m0/s1. The molecule has 0 aliphatic carbocycles. The van der Waals surface area contributed by atoms with E-state index in [9.17, 15) is 24.3 Å². The monoisotopic (exact) mass is 498 g/mol. The summed E-state index contributed by atoms with van der Waals surface area (Å²) < 4.78 is 0. The Bertz CT molecular complexity index is 1060. The smallest absolute Gasteiger partial charge is 0.326 e. The SMILES string of the molecule is CSCC[C@H](NC(=O)c1ccc(CNC(=O)CN[C@@H]2CCC(=O)N2)cc1-c1ccccc1)C(=O)O. The Morgan fingerprint density at radius 1 is 1.17 bits per heavy atom. The minimum absolute atomic E-state index is 0.0283. The van der Waals surface area contributed by atoms with Gasteiger partial charge in [0, 0.05) is 18.5 Å². The van der Waals surface area contributed by atoms with E-state index in [1.54, 1.807) is 12.1 Å². The highest BCUT2D eigenvalue weighted by molar-refractivity contribution is 7.98. The van der Waals surface area contributed by atoms with Crippen molar-refractivity contribution in [1.82, 2.24) is 21.3 Å². The van der Waals surface area contributed by atoms with Crippen LogP contribution < -0.4 is 21.3 Å². The molecule has 2 aromatic rings. The van der Waals surface area contributed by atoms with E-state index in [4.69, 9.17) is 0 Å². The van der Waals surface area contributed by atoms with Gasteiger partial charge in [-0.1, -0.05) is 36.4 Å². The molecule has 3 rings (SSSR count). The predicted octanol–water partition coefficient (Wildman–Crippen LogP) is 1.73. The summed E-state index contributed by atoms with van der Waals surface area (Å²) in [4.78, 5) is 48.1. The summed E-state index contributed by atoms with van der Waals surface area (Å²) >= 11 is 1.52. The first-order valence-corrected chi connectivity index (χ1v) is 12.8. The lowest BCUT2D eigenvalue weighted by molar-refractivity contribution is -0.139. The molecule has 10 heteroatoms. The van der Waals surface area contributed by atoms with E-state index in [0.29, 0.717) is 36.1 Å². The van der Waals surface area contributed by atoms with Gasteiger partial charge in [0.1, 0.15) is 6.04 Å². The Balaban J connectivity index is 1.70. The number of aliphatic carboxylic acids is 1. The second-order valence-electron chi connectivity index (χ2n) is 8.21. The van der Waals surface area contributed by atoms with Crippen molar-refractivity contribution in [3.8, 4) is 11.1 Å². The molecule has 186 valence electrons. The van der Waals surface area contributed by atoms with Gasteiger partial charge in [-0.2, -0.15) is 11.8 Å². The van der Waals surface area contributed by atoms with E-state index >= 15 is 0 Å². The van der Waals surface area contributed by atoms with Gasteiger partial charge in [-0.3, -0.25) is 19.7 Å². The van der Waals surface area contributed by atoms with Crippen molar-refractivity contribution in [3.05, 3.63) is 59.7 Å². The van der Waals surface area contributed by atoms with Crippen molar-refractivity contribution in [3.63, 3.8) is 0 Å². The summed E-state index contributed by atoms with van der Waals surface area (Å²) in [5.41, 5.74) is 2.61. The van der Waals surface area contributed by atoms with Crippen LogP contribution in [0.4, 0.5) is 0 Å². The summed E-state index contributed by atoms with van der Waals surface area (Å²) in [5, 5.41) is 20.7. The van der Waals surface area contributed by atoms with Gasteiger partial charge in [-0.05, 0) is 53.7 Å². The van der Waals surface area contributed by atoms with Crippen molar-refractivity contribution in [2.75, 3.05) is 18.6 Å². The largest absolute Gasteiger partial charge is 0.480 e. The molecule has 9 nitrogen and oxygen atoms in total. The third kappa shape index (κ3) is 7.83. The Kier molecular flexibility index (Phi) is 9.68. The van der Waals surface area contributed by atoms with E-state index in [1.807, 2.05) is 42.7 Å². The second kappa shape index (κ2) is 12.9. The van der Waals surface area contributed by atoms with Crippen molar-refractivity contribution in [1.29, 1.82) is 0 Å². The van der Waals surface area contributed by atoms with E-state index in [2.05, 4.69) is 21.3 Å². The van der Waals surface area contributed by atoms with Crippen LogP contribution in [0.3, 0.4) is 0 Å². The van der Waals surface area contributed by atoms with E-state index in [1.165, 1.54) is 11.8 Å². The number of thioether (sulfide) groups is 1. The predicted molar refractivity (Wildman–Crippen MR) is 135 cm³/mol. The highest BCUT2D eigenvalue weighted by atomic mass is 32.2. The Morgan fingerprint density at radius 3 is 2.60 bits per heavy atom. The summed E-state index contributed by atoms with van der Waals surface area (Å²) in [6.07, 6.45) is 3.11. The molecule has 0 unspecified atom stereocenters. The number of benzene rings is 2. The molecule has 1 fully saturated rings. The maximum atomic E-state index is 13.0. The van der Waals surface area contributed by atoms with E-state index in [-0.39, 0.29) is 31.1 Å². The normalized spacial score (nSPS) is 15.8. The number of hydrogen-bond donors (Lipinski definition) is 5. The molecule has 0 saturated carbocycles. The number of hydrogen-bond acceptors (Lipinski definition) is 6. The lowest BCUT2D eigenvalue weighted by Crippen LogP contribution is -2.44. The van der Waals surface area contributed by atoms with Gasteiger partial charge in [0.15, 0.2) is 0 Å². The lowest BCUT2D eigenvalue weighted by Gasteiger charge is -2.17. The van der Waals surface area contributed by atoms with Gasteiger partial charge >= 0.3 is 5.97 Å². The van der Waals surface area contributed by atoms with Gasteiger partial charge in [0.25, 0.3) is 5.91 Å². The van der Waals surface area contributed by atoms with Crippen LogP contribution in [0, 0.1) is 0 Å². The molecule has 1 saturated heterocycles. The number of carbonyl (C=O) groups is 4. The minimum atomic E-state index is -1.07. The van der Waals surface area contributed by atoms with Gasteiger partial charge in [0.2, 0.25) is 11.8 Å². The average Bonchev–Trinajstić information content (AvgIpc) is 3.29. The fourth-order valence-corrected chi connectivity index (χ4v) is 4.20. The first kappa shape index (κ1) is 26.2. The summed E-state index contributed by atoms with van der Waals surface area (Å²) in [5.74, 6) is -1.16. The summed E-state index contributed by atoms with van der Waals surface area (Å²) in [6.45, 7) is 0.328. The maximum absolute atomic E-state index is 13.0.